The second-order valence-electron chi connectivity index (χ2n) is 7.64. The van der Waals surface area contributed by atoms with E-state index in [0.29, 0.717) is 23.8 Å². The van der Waals surface area contributed by atoms with Gasteiger partial charge in [0, 0.05) is 48.9 Å². The topological polar surface area (TPSA) is 108 Å². The first-order chi connectivity index (χ1) is 15.4. The zero-order chi connectivity index (χ0) is 22.7. The molecule has 0 unspecified atom stereocenters. The van der Waals surface area contributed by atoms with Crippen LogP contribution >= 0.6 is 0 Å². The van der Waals surface area contributed by atoms with Crippen molar-refractivity contribution in [3.63, 3.8) is 0 Å². The Labute approximate surface area is 184 Å². The van der Waals surface area contributed by atoms with Crippen LogP contribution in [0.4, 0.5) is 11.4 Å². The van der Waals surface area contributed by atoms with Crippen LogP contribution in [0.1, 0.15) is 41.6 Å². The molecule has 0 bridgehead atoms. The summed E-state index contributed by atoms with van der Waals surface area (Å²) in [5, 5.41) is 18.0. The Morgan fingerprint density at radius 3 is 2.62 bits per heavy atom. The molecule has 9 nitrogen and oxygen atoms in total. The van der Waals surface area contributed by atoms with Gasteiger partial charge in [-0.1, -0.05) is 26.0 Å². The average Bonchev–Trinajstić information content (AvgIpc) is 3.44. The molecule has 0 fully saturated rings. The van der Waals surface area contributed by atoms with Gasteiger partial charge in [0.2, 0.25) is 0 Å². The smallest absolute Gasteiger partial charge is 0.276 e. The minimum absolute atomic E-state index is 0.00466. The van der Waals surface area contributed by atoms with E-state index in [-0.39, 0.29) is 17.3 Å². The van der Waals surface area contributed by atoms with Gasteiger partial charge in [-0.2, -0.15) is 5.10 Å². The van der Waals surface area contributed by atoms with Gasteiger partial charge in [0.25, 0.3) is 11.6 Å². The van der Waals surface area contributed by atoms with Crippen molar-refractivity contribution >= 4 is 17.3 Å². The summed E-state index contributed by atoms with van der Waals surface area (Å²) in [5.41, 5.74) is 2.57. The predicted molar refractivity (Wildman–Crippen MR) is 120 cm³/mol. The van der Waals surface area contributed by atoms with Gasteiger partial charge in [0.15, 0.2) is 5.69 Å². The van der Waals surface area contributed by atoms with Gasteiger partial charge >= 0.3 is 0 Å². The third kappa shape index (κ3) is 4.56. The van der Waals surface area contributed by atoms with E-state index in [4.69, 9.17) is 0 Å². The molecule has 0 saturated carbocycles. The predicted octanol–water partition coefficient (Wildman–Crippen LogP) is 4.40. The Balaban J connectivity index is 1.46. The van der Waals surface area contributed by atoms with Crippen molar-refractivity contribution in [3.05, 3.63) is 100 Å². The second-order valence-corrected chi connectivity index (χ2v) is 7.64. The Kier molecular flexibility index (Phi) is 5.80. The van der Waals surface area contributed by atoms with Crippen molar-refractivity contribution < 1.29 is 9.72 Å². The molecule has 0 aliphatic rings. The molecule has 2 aromatic carbocycles. The van der Waals surface area contributed by atoms with Gasteiger partial charge < -0.3 is 9.88 Å². The number of nitrogens with one attached hydrogen (secondary N) is 1. The van der Waals surface area contributed by atoms with Gasteiger partial charge in [-0.15, -0.1) is 0 Å². The van der Waals surface area contributed by atoms with Gasteiger partial charge in [-0.25, -0.2) is 9.67 Å². The molecular formula is C23H22N6O3. The number of imidazole rings is 1. The largest absolute Gasteiger partial charge is 0.330 e. The number of hydrogen-bond donors (Lipinski definition) is 1. The molecule has 9 heteroatoms. The van der Waals surface area contributed by atoms with Crippen molar-refractivity contribution in [2.75, 3.05) is 5.32 Å². The number of carbonyl (C=O) groups is 1. The lowest BCUT2D eigenvalue weighted by atomic mass is 10.1. The molecule has 4 aromatic rings. The molecule has 4 rings (SSSR count). The molecule has 0 aliphatic carbocycles. The molecule has 1 amide bonds. The second kappa shape index (κ2) is 8.84. The fourth-order valence-electron chi connectivity index (χ4n) is 3.41. The Morgan fingerprint density at radius 2 is 1.91 bits per heavy atom. The summed E-state index contributed by atoms with van der Waals surface area (Å²) >= 11 is 0. The lowest BCUT2D eigenvalue weighted by Crippen LogP contribution is -2.13. The number of nitro benzene ring substituents is 1. The summed E-state index contributed by atoms with van der Waals surface area (Å²) in [6.45, 7) is 4.86. The van der Waals surface area contributed by atoms with E-state index in [2.05, 4.69) is 33.8 Å². The van der Waals surface area contributed by atoms with Gasteiger partial charge in [-0.05, 0) is 35.9 Å². The van der Waals surface area contributed by atoms with Crippen LogP contribution in [-0.4, -0.2) is 30.2 Å². The van der Waals surface area contributed by atoms with E-state index in [0.717, 1.165) is 11.4 Å². The van der Waals surface area contributed by atoms with Crippen molar-refractivity contribution in [1.82, 2.24) is 19.3 Å². The summed E-state index contributed by atoms with van der Waals surface area (Å²) in [4.78, 5) is 27.4. The minimum Gasteiger partial charge on any atom is -0.330 e. The molecule has 32 heavy (non-hydrogen) atoms. The molecule has 0 saturated heterocycles. The zero-order valence-electron chi connectivity index (χ0n) is 17.7. The van der Waals surface area contributed by atoms with Crippen LogP contribution in [0.2, 0.25) is 0 Å². The number of rotatable bonds is 7. The van der Waals surface area contributed by atoms with Crippen LogP contribution in [0.25, 0.3) is 5.69 Å². The molecule has 162 valence electrons. The fourth-order valence-corrected chi connectivity index (χ4v) is 3.41. The summed E-state index contributed by atoms with van der Waals surface area (Å²) in [7, 11) is 0. The van der Waals surface area contributed by atoms with E-state index in [9.17, 15) is 14.9 Å². The molecular weight excluding hydrogens is 408 g/mol. The summed E-state index contributed by atoms with van der Waals surface area (Å²) < 4.78 is 3.60. The lowest BCUT2D eigenvalue weighted by Gasteiger charge is -2.11. The molecule has 2 heterocycles. The van der Waals surface area contributed by atoms with Crippen molar-refractivity contribution in [2.24, 2.45) is 0 Å². The van der Waals surface area contributed by atoms with Crippen molar-refractivity contribution in [2.45, 2.75) is 26.3 Å². The first kappa shape index (κ1) is 21.0. The van der Waals surface area contributed by atoms with Crippen LogP contribution in [0.3, 0.4) is 0 Å². The van der Waals surface area contributed by atoms with Crippen LogP contribution < -0.4 is 5.32 Å². The normalized spacial score (nSPS) is 11.0. The van der Waals surface area contributed by atoms with E-state index in [1.165, 1.54) is 16.8 Å². The van der Waals surface area contributed by atoms with Crippen LogP contribution in [0.15, 0.2) is 73.2 Å². The molecule has 0 aliphatic heterocycles. The quantitative estimate of drug-likeness (QED) is 0.345. The monoisotopic (exact) mass is 430 g/mol. The SMILES string of the molecule is CC(C)c1nccn1Cc1cccc(NC(=O)c2ccn(-c3ccc([N+](=O)[O-])cc3)n2)c1. The number of aromatic nitrogens is 4. The lowest BCUT2D eigenvalue weighted by molar-refractivity contribution is -0.384. The van der Waals surface area contributed by atoms with E-state index in [1.807, 2.05) is 30.5 Å². The van der Waals surface area contributed by atoms with Gasteiger partial charge in [0.05, 0.1) is 10.6 Å². The van der Waals surface area contributed by atoms with Crippen molar-refractivity contribution in [3.8, 4) is 5.69 Å². The number of amides is 1. The molecule has 2 aromatic heterocycles. The number of nitro groups is 1. The molecule has 0 radical (unpaired) electrons. The zero-order valence-corrected chi connectivity index (χ0v) is 17.7. The van der Waals surface area contributed by atoms with Crippen molar-refractivity contribution in [1.29, 1.82) is 0 Å². The Bertz CT molecular complexity index is 1260. The third-order valence-corrected chi connectivity index (χ3v) is 4.95. The average molecular weight is 430 g/mol. The highest BCUT2D eigenvalue weighted by Crippen LogP contribution is 2.18. The van der Waals surface area contributed by atoms with Crippen LogP contribution in [0, 0.1) is 10.1 Å². The summed E-state index contributed by atoms with van der Waals surface area (Å²) in [5.74, 6) is 0.989. The first-order valence-corrected chi connectivity index (χ1v) is 10.1. The highest BCUT2D eigenvalue weighted by molar-refractivity contribution is 6.02. The molecule has 1 N–H and O–H groups in total. The number of nitrogens with zero attached hydrogens (tertiary/aromatic N) is 5. The number of benzene rings is 2. The molecule has 0 spiro atoms. The maximum Gasteiger partial charge on any atom is 0.276 e. The van der Waals surface area contributed by atoms with Gasteiger partial charge in [-0.3, -0.25) is 14.9 Å². The van der Waals surface area contributed by atoms with Crippen LogP contribution in [-0.2, 0) is 6.54 Å². The fraction of sp³-hybridized carbons (Fsp3) is 0.174. The van der Waals surface area contributed by atoms with E-state index in [1.54, 1.807) is 30.6 Å². The van der Waals surface area contributed by atoms with E-state index < -0.39 is 4.92 Å². The number of carbonyl (C=O) groups excluding carboxylic acids is 1. The highest BCUT2D eigenvalue weighted by atomic mass is 16.6. The summed E-state index contributed by atoms with van der Waals surface area (Å²) in [6, 6.07) is 15.2. The van der Waals surface area contributed by atoms with E-state index >= 15 is 0 Å². The number of anilines is 1. The molecule has 0 atom stereocenters. The minimum atomic E-state index is -0.462. The third-order valence-electron chi connectivity index (χ3n) is 4.95. The Morgan fingerprint density at radius 1 is 1.12 bits per heavy atom. The van der Waals surface area contributed by atoms with Crippen LogP contribution in [0.5, 0.6) is 0 Å². The van der Waals surface area contributed by atoms with Gasteiger partial charge in [0.1, 0.15) is 5.82 Å². The number of hydrogen-bond acceptors (Lipinski definition) is 5. The first-order valence-electron chi connectivity index (χ1n) is 10.1. The maximum absolute atomic E-state index is 12.7. The Hall–Kier alpha value is -4.27. The number of non-ortho nitro benzene ring substituents is 1. The standard InChI is InChI=1S/C23H22N6O3/c1-16(2)22-24-11-13-27(22)15-17-4-3-5-18(14-17)25-23(30)21-10-12-28(26-21)19-6-8-20(9-7-19)29(31)32/h3-14,16H,15H2,1-2H3,(H,25,30). The maximum atomic E-state index is 12.7. The summed E-state index contributed by atoms with van der Waals surface area (Å²) in [6.07, 6.45) is 5.38. The highest BCUT2D eigenvalue weighted by Gasteiger charge is 2.13.